The number of halogens is 1. The molecule has 0 saturated carbocycles. The lowest BCUT2D eigenvalue weighted by Gasteiger charge is -2.33. The van der Waals surface area contributed by atoms with Gasteiger partial charge in [-0.1, -0.05) is 28.1 Å². The molecule has 1 unspecified atom stereocenters. The van der Waals surface area contributed by atoms with Gasteiger partial charge in [0, 0.05) is 29.3 Å². The molecule has 0 radical (unpaired) electrons. The Hall–Kier alpha value is -2.47. The first kappa shape index (κ1) is 18.9. The molecule has 1 saturated heterocycles. The van der Waals surface area contributed by atoms with E-state index < -0.39 is 0 Å². The van der Waals surface area contributed by atoms with Gasteiger partial charge in [0.25, 0.3) is 5.91 Å². The second kappa shape index (κ2) is 7.87. The third kappa shape index (κ3) is 3.87. The molecular formula is C22H23BrN4O. The number of carbonyl (C=O) groups is 1. The highest BCUT2D eigenvalue weighted by Crippen LogP contribution is 2.25. The number of carbonyl (C=O) groups excluding carboxylic acids is 1. The fraction of sp³-hybridized carbons (Fsp3) is 0.318. The predicted octanol–water partition coefficient (Wildman–Crippen LogP) is 4.80. The van der Waals surface area contributed by atoms with Crippen LogP contribution in [0.15, 0.2) is 53.3 Å². The van der Waals surface area contributed by atoms with Crippen LogP contribution in [0.1, 0.15) is 40.5 Å². The molecule has 0 bridgehead atoms. The van der Waals surface area contributed by atoms with Crippen molar-refractivity contribution in [1.82, 2.24) is 19.7 Å². The lowest BCUT2D eigenvalue weighted by atomic mass is 10.0. The summed E-state index contributed by atoms with van der Waals surface area (Å²) in [4.78, 5) is 19.8. The van der Waals surface area contributed by atoms with Crippen LogP contribution in [0.3, 0.4) is 0 Å². The Kier molecular flexibility index (Phi) is 5.31. The molecule has 0 spiro atoms. The minimum Gasteiger partial charge on any atom is -0.336 e. The van der Waals surface area contributed by atoms with E-state index in [1.54, 1.807) is 0 Å². The van der Waals surface area contributed by atoms with Crippen LogP contribution in [-0.4, -0.2) is 38.7 Å². The van der Waals surface area contributed by atoms with Crippen molar-refractivity contribution in [3.8, 4) is 11.3 Å². The molecule has 0 N–H and O–H groups in total. The molecule has 1 amide bonds. The van der Waals surface area contributed by atoms with Crippen molar-refractivity contribution in [2.24, 2.45) is 0 Å². The van der Waals surface area contributed by atoms with Gasteiger partial charge in [-0.15, -0.1) is 0 Å². The molecule has 144 valence electrons. The van der Waals surface area contributed by atoms with E-state index in [9.17, 15) is 4.79 Å². The van der Waals surface area contributed by atoms with Crippen molar-refractivity contribution in [3.63, 3.8) is 0 Å². The first-order valence-electron chi connectivity index (χ1n) is 9.55. The lowest BCUT2D eigenvalue weighted by Crippen LogP contribution is -2.41. The van der Waals surface area contributed by atoms with Gasteiger partial charge in [0.15, 0.2) is 0 Å². The van der Waals surface area contributed by atoms with Gasteiger partial charge in [-0.2, -0.15) is 5.10 Å². The van der Waals surface area contributed by atoms with Crippen LogP contribution >= 0.6 is 15.9 Å². The van der Waals surface area contributed by atoms with Crippen LogP contribution in [0.5, 0.6) is 0 Å². The predicted molar refractivity (Wildman–Crippen MR) is 113 cm³/mol. The molecule has 1 fully saturated rings. The zero-order valence-corrected chi connectivity index (χ0v) is 17.7. The largest absolute Gasteiger partial charge is 0.336 e. The monoisotopic (exact) mass is 438 g/mol. The third-order valence-corrected chi connectivity index (χ3v) is 5.72. The van der Waals surface area contributed by atoms with E-state index in [0.717, 1.165) is 46.4 Å². The molecule has 3 heterocycles. The molecule has 0 aliphatic carbocycles. The number of rotatable bonds is 3. The Bertz CT molecular complexity index is 1010. The highest BCUT2D eigenvalue weighted by Gasteiger charge is 2.27. The van der Waals surface area contributed by atoms with E-state index >= 15 is 0 Å². The summed E-state index contributed by atoms with van der Waals surface area (Å²) in [5.74, 6) is 0.0550. The SMILES string of the molecule is Cc1cnn(C2CCCN(C(=O)c3ccc(-c4cccc(Br)c4)nc3C)C2)c1. The average molecular weight is 439 g/mol. The van der Waals surface area contributed by atoms with Gasteiger partial charge in [-0.05, 0) is 56.5 Å². The molecule has 2 aromatic heterocycles. The van der Waals surface area contributed by atoms with Crippen molar-refractivity contribution in [2.75, 3.05) is 13.1 Å². The number of aromatic nitrogens is 3. The van der Waals surface area contributed by atoms with Crippen molar-refractivity contribution in [2.45, 2.75) is 32.7 Å². The lowest BCUT2D eigenvalue weighted by molar-refractivity contribution is 0.0671. The zero-order valence-electron chi connectivity index (χ0n) is 16.1. The Labute approximate surface area is 173 Å². The summed E-state index contributed by atoms with van der Waals surface area (Å²) in [7, 11) is 0. The molecule has 1 atom stereocenters. The fourth-order valence-electron chi connectivity index (χ4n) is 3.75. The molecule has 5 nitrogen and oxygen atoms in total. The van der Waals surface area contributed by atoms with Crippen LogP contribution in [0.25, 0.3) is 11.3 Å². The van der Waals surface area contributed by atoms with Crippen molar-refractivity contribution < 1.29 is 4.79 Å². The standard InChI is InChI=1S/C22H23BrN4O/c1-15-12-24-27(13-15)19-7-4-10-26(14-19)22(28)20-8-9-21(25-16(20)2)17-5-3-6-18(23)11-17/h3,5-6,8-9,11-13,19H,4,7,10,14H2,1-2H3. The Morgan fingerprint density at radius 1 is 1.21 bits per heavy atom. The van der Waals surface area contributed by atoms with Crippen LogP contribution < -0.4 is 0 Å². The van der Waals surface area contributed by atoms with Crippen LogP contribution in [-0.2, 0) is 0 Å². The summed E-state index contributed by atoms with van der Waals surface area (Å²) in [6.45, 7) is 5.42. The van der Waals surface area contributed by atoms with E-state index in [1.165, 1.54) is 0 Å². The number of amides is 1. The minimum atomic E-state index is 0.0550. The number of hydrogen-bond donors (Lipinski definition) is 0. The number of nitrogens with zero attached hydrogens (tertiary/aromatic N) is 4. The maximum Gasteiger partial charge on any atom is 0.255 e. The summed E-state index contributed by atoms with van der Waals surface area (Å²) in [5, 5.41) is 4.44. The van der Waals surface area contributed by atoms with E-state index in [1.807, 2.05) is 66.0 Å². The van der Waals surface area contributed by atoms with Gasteiger partial charge in [0.05, 0.1) is 29.2 Å². The van der Waals surface area contributed by atoms with Gasteiger partial charge in [0.1, 0.15) is 0 Å². The molecule has 28 heavy (non-hydrogen) atoms. The second-order valence-electron chi connectivity index (χ2n) is 7.38. The van der Waals surface area contributed by atoms with Crippen molar-refractivity contribution >= 4 is 21.8 Å². The summed E-state index contributed by atoms with van der Waals surface area (Å²) < 4.78 is 3.01. The third-order valence-electron chi connectivity index (χ3n) is 5.23. The van der Waals surface area contributed by atoms with Crippen molar-refractivity contribution in [1.29, 1.82) is 0 Å². The van der Waals surface area contributed by atoms with Gasteiger partial charge in [-0.25, -0.2) is 0 Å². The van der Waals surface area contributed by atoms with Gasteiger partial charge in [0.2, 0.25) is 0 Å². The van der Waals surface area contributed by atoms with Crippen LogP contribution in [0.2, 0.25) is 0 Å². The number of likely N-dealkylation sites (tertiary alicyclic amines) is 1. The summed E-state index contributed by atoms with van der Waals surface area (Å²) in [6, 6.07) is 12.1. The van der Waals surface area contributed by atoms with Gasteiger partial charge in [-0.3, -0.25) is 14.5 Å². The van der Waals surface area contributed by atoms with E-state index in [-0.39, 0.29) is 11.9 Å². The smallest absolute Gasteiger partial charge is 0.255 e. The normalized spacial score (nSPS) is 17.0. The maximum absolute atomic E-state index is 13.2. The second-order valence-corrected chi connectivity index (χ2v) is 8.30. The molecule has 6 heteroatoms. The molecule has 1 aliphatic heterocycles. The number of aryl methyl sites for hydroxylation is 2. The Morgan fingerprint density at radius 2 is 2.07 bits per heavy atom. The molecular weight excluding hydrogens is 416 g/mol. The van der Waals surface area contributed by atoms with E-state index in [0.29, 0.717) is 12.1 Å². The first-order chi connectivity index (χ1) is 13.5. The Balaban J connectivity index is 1.54. The fourth-order valence-corrected chi connectivity index (χ4v) is 4.15. The number of benzene rings is 1. The van der Waals surface area contributed by atoms with E-state index in [2.05, 4.69) is 27.2 Å². The van der Waals surface area contributed by atoms with Crippen LogP contribution in [0.4, 0.5) is 0 Å². The van der Waals surface area contributed by atoms with Crippen LogP contribution in [0, 0.1) is 13.8 Å². The molecule has 1 aromatic carbocycles. The quantitative estimate of drug-likeness (QED) is 0.589. The minimum absolute atomic E-state index is 0.0550. The summed E-state index contributed by atoms with van der Waals surface area (Å²) >= 11 is 3.50. The van der Waals surface area contributed by atoms with Crippen molar-refractivity contribution in [3.05, 3.63) is 70.1 Å². The average Bonchev–Trinajstić information content (AvgIpc) is 3.14. The number of pyridine rings is 1. The zero-order chi connectivity index (χ0) is 19.7. The number of piperidine rings is 1. The molecule has 4 rings (SSSR count). The highest BCUT2D eigenvalue weighted by molar-refractivity contribution is 9.10. The molecule has 3 aromatic rings. The number of hydrogen-bond acceptors (Lipinski definition) is 3. The topological polar surface area (TPSA) is 51.0 Å². The highest BCUT2D eigenvalue weighted by atomic mass is 79.9. The van der Waals surface area contributed by atoms with Gasteiger partial charge < -0.3 is 4.90 Å². The maximum atomic E-state index is 13.2. The summed E-state index contributed by atoms with van der Waals surface area (Å²) in [5.41, 5.74) is 4.49. The first-order valence-corrected chi connectivity index (χ1v) is 10.3. The molecule has 1 aliphatic rings. The van der Waals surface area contributed by atoms with E-state index in [4.69, 9.17) is 4.98 Å². The van der Waals surface area contributed by atoms with Gasteiger partial charge >= 0.3 is 0 Å². The Morgan fingerprint density at radius 3 is 2.79 bits per heavy atom. The summed E-state index contributed by atoms with van der Waals surface area (Å²) in [6.07, 6.45) is 5.95.